The maximum absolute atomic E-state index is 14.8. The summed E-state index contributed by atoms with van der Waals surface area (Å²) in [7, 11) is 0. The van der Waals surface area contributed by atoms with Crippen molar-refractivity contribution in [3.05, 3.63) is 63.4 Å². The van der Waals surface area contributed by atoms with Crippen molar-refractivity contribution in [1.29, 1.82) is 0 Å². The van der Waals surface area contributed by atoms with Crippen molar-refractivity contribution >= 4 is 40.7 Å². The Hall–Kier alpha value is -2.23. The molecular weight excluding hydrogens is 508 g/mol. The second-order valence-electron chi connectivity index (χ2n) is 9.96. The van der Waals surface area contributed by atoms with E-state index in [0.717, 1.165) is 12.8 Å². The summed E-state index contributed by atoms with van der Waals surface area (Å²) in [6.07, 6.45) is 1.96. The first-order valence-electron chi connectivity index (χ1n) is 12.1. The van der Waals surface area contributed by atoms with E-state index in [4.69, 9.17) is 28.3 Å². The molecule has 0 radical (unpaired) electrons. The number of nitrogens with one attached hydrogen (secondary N) is 3. The minimum absolute atomic E-state index is 0.0909. The van der Waals surface area contributed by atoms with Crippen molar-refractivity contribution in [2.45, 2.75) is 55.2 Å². The number of rotatable bonds is 8. The molecule has 0 aromatic heterocycles. The molecule has 2 amide bonds. The minimum Gasteiger partial charge on any atom is -0.394 e. The van der Waals surface area contributed by atoms with Crippen LogP contribution in [0.5, 0.6) is 0 Å². The number of amides is 2. The summed E-state index contributed by atoms with van der Waals surface area (Å²) in [6.45, 7) is -0.255. The molecular formula is C26H28Cl2FN3O4. The molecule has 1 saturated carbocycles. The molecule has 1 aliphatic carbocycles. The van der Waals surface area contributed by atoms with Gasteiger partial charge in [0.1, 0.15) is 11.2 Å². The zero-order valence-electron chi connectivity index (χ0n) is 19.4. The molecule has 3 aliphatic rings. The molecule has 7 nitrogen and oxygen atoms in total. The van der Waals surface area contributed by atoms with E-state index in [1.54, 1.807) is 18.2 Å². The van der Waals surface area contributed by atoms with Gasteiger partial charge in [-0.15, -0.1) is 0 Å². The Morgan fingerprint density at radius 1 is 1.25 bits per heavy atom. The van der Waals surface area contributed by atoms with Crippen LogP contribution in [0, 0.1) is 11.7 Å². The van der Waals surface area contributed by atoms with Gasteiger partial charge in [0.2, 0.25) is 11.8 Å². The van der Waals surface area contributed by atoms with Gasteiger partial charge < -0.3 is 26.2 Å². The molecule has 5 N–H and O–H groups in total. The van der Waals surface area contributed by atoms with Crippen molar-refractivity contribution in [3.8, 4) is 0 Å². The quantitative estimate of drug-likeness (QED) is 0.356. The Bertz CT molecular complexity index is 1190. The number of benzene rings is 2. The van der Waals surface area contributed by atoms with E-state index in [2.05, 4.69) is 16.0 Å². The van der Waals surface area contributed by atoms with Crippen LogP contribution in [0.25, 0.3) is 0 Å². The van der Waals surface area contributed by atoms with Gasteiger partial charge in [-0.2, -0.15) is 0 Å². The molecule has 1 saturated heterocycles. The summed E-state index contributed by atoms with van der Waals surface area (Å²) in [4.78, 5) is 27.5. The molecule has 5 rings (SSSR count). The first kappa shape index (κ1) is 25.4. The number of hydrogen-bond acceptors (Lipinski definition) is 5. The van der Waals surface area contributed by atoms with Crippen molar-refractivity contribution in [3.63, 3.8) is 0 Å². The molecule has 2 aliphatic heterocycles. The number of aliphatic hydroxyl groups is 2. The highest BCUT2D eigenvalue weighted by Crippen LogP contribution is 2.57. The second kappa shape index (κ2) is 9.91. The molecule has 2 aromatic rings. The normalized spacial score (nSPS) is 27.7. The van der Waals surface area contributed by atoms with Crippen molar-refractivity contribution < 1.29 is 24.2 Å². The fraction of sp³-hybridized carbons (Fsp3) is 0.462. The predicted octanol–water partition coefficient (Wildman–Crippen LogP) is 3.11. The summed E-state index contributed by atoms with van der Waals surface area (Å²) < 4.78 is 14.8. The number of hydrogen-bond donors (Lipinski definition) is 5. The fourth-order valence-electron chi connectivity index (χ4n) is 5.81. The molecule has 192 valence electrons. The van der Waals surface area contributed by atoms with Crippen molar-refractivity contribution in [2.24, 2.45) is 5.92 Å². The van der Waals surface area contributed by atoms with Gasteiger partial charge in [0.25, 0.3) is 0 Å². The van der Waals surface area contributed by atoms with E-state index in [9.17, 15) is 19.1 Å². The second-order valence-corrected chi connectivity index (χ2v) is 10.8. The summed E-state index contributed by atoms with van der Waals surface area (Å²) in [5, 5.41) is 28.3. The van der Waals surface area contributed by atoms with Crippen LogP contribution in [0.2, 0.25) is 10.0 Å². The Morgan fingerprint density at radius 3 is 2.72 bits per heavy atom. The van der Waals surface area contributed by atoms with Gasteiger partial charge >= 0.3 is 0 Å². The number of carbonyl (C=O) groups excluding carboxylic acids is 2. The van der Waals surface area contributed by atoms with Crippen LogP contribution >= 0.6 is 23.2 Å². The lowest BCUT2D eigenvalue weighted by atomic mass is 9.64. The third-order valence-electron chi connectivity index (χ3n) is 7.63. The fourth-order valence-corrected chi connectivity index (χ4v) is 6.17. The van der Waals surface area contributed by atoms with Crippen molar-refractivity contribution in [2.75, 3.05) is 18.5 Å². The SMILES string of the molecule is O=C(NCC[C@H](O)CO)[C@@H]1N[C@H](CC2CC2)[C@]2(C(=O)Nc3cc(Cl)c(F)cc32)[C@H]1c1cccc(Cl)c1. The van der Waals surface area contributed by atoms with E-state index in [-0.39, 0.29) is 29.8 Å². The monoisotopic (exact) mass is 535 g/mol. The number of fused-ring (bicyclic) bond motifs is 2. The predicted molar refractivity (Wildman–Crippen MR) is 135 cm³/mol. The maximum atomic E-state index is 14.8. The van der Waals surface area contributed by atoms with E-state index in [1.807, 2.05) is 6.07 Å². The number of anilines is 1. The molecule has 0 bridgehead atoms. The van der Waals surface area contributed by atoms with E-state index >= 15 is 0 Å². The highest BCUT2D eigenvalue weighted by Gasteiger charge is 2.66. The topological polar surface area (TPSA) is 111 Å². The minimum atomic E-state index is -1.26. The lowest BCUT2D eigenvalue weighted by molar-refractivity contribution is -0.124. The average Bonchev–Trinajstić information content (AvgIpc) is 3.54. The zero-order valence-corrected chi connectivity index (χ0v) is 21.0. The standard InChI is InChI=1S/C26H28Cl2FN3O4/c27-15-3-1-2-14(9-15)22-23(24(35)30-7-6-16(34)12-33)32-21(8-13-4-5-13)26(22)17-10-19(29)18(28)11-20(17)31-25(26)36/h1-3,9-11,13,16,21-23,32-34H,4-8,12H2,(H,30,35)(H,31,36)/t16-,21+,22-,23+,26-/m0/s1. The van der Waals surface area contributed by atoms with Crippen LogP contribution in [0.1, 0.15) is 42.7 Å². The van der Waals surface area contributed by atoms with E-state index in [1.165, 1.54) is 12.1 Å². The lowest BCUT2D eigenvalue weighted by Crippen LogP contribution is -2.48. The van der Waals surface area contributed by atoms with Gasteiger partial charge in [-0.25, -0.2) is 4.39 Å². The van der Waals surface area contributed by atoms with Crippen LogP contribution in [-0.4, -0.2) is 53.4 Å². The molecule has 0 unspecified atom stereocenters. The molecule has 2 aromatic carbocycles. The average molecular weight is 536 g/mol. The van der Waals surface area contributed by atoms with Gasteiger partial charge in [0.05, 0.1) is 23.8 Å². The van der Waals surface area contributed by atoms with Crippen LogP contribution < -0.4 is 16.0 Å². The Morgan fingerprint density at radius 2 is 2.03 bits per heavy atom. The Labute approximate surface area is 218 Å². The lowest BCUT2D eigenvalue weighted by Gasteiger charge is -2.35. The highest BCUT2D eigenvalue weighted by molar-refractivity contribution is 6.31. The third-order valence-corrected chi connectivity index (χ3v) is 8.15. The van der Waals surface area contributed by atoms with Crippen LogP contribution in [0.15, 0.2) is 36.4 Å². The molecule has 36 heavy (non-hydrogen) atoms. The zero-order chi connectivity index (χ0) is 25.6. The number of aliphatic hydroxyl groups excluding tert-OH is 2. The van der Waals surface area contributed by atoms with Crippen molar-refractivity contribution in [1.82, 2.24) is 10.6 Å². The van der Waals surface area contributed by atoms with Gasteiger partial charge in [0.15, 0.2) is 0 Å². The molecule has 2 fully saturated rings. The Balaban J connectivity index is 1.62. The molecule has 2 heterocycles. The third kappa shape index (κ3) is 4.39. The van der Waals surface area contributed by atoms with Gasteiger partial charge in [-0.05, 0) is 54.2 Å². The number of carbonyl (C=O) groups is 2. The molecule has 10 heteroatoms. The smallest absolute Gasteiger partial charge is 0.237 e. The largest absolute Gasteiger partial charge is 0.394 e. The van der Waals surface area contributed by atoms with E-state index in [0.29, 0.717) is 34.2 Å². The summed E-state index contributed by atoms with van der Waals surface area (Å²) >= 11 is 12.4. The van der Waals surface area contributed by atoms with Crippen LogP contribution in [0.4, 0.5) is 10.1 Å². The van der Waals surface area contributed by atoms with Gasteiger partial charge in [-0.1, -0.05) is 48.2 Å². The molecule has 5 atom stereocenters. The number of halogens is 3. The van der Waals surface area contributed by atoms with Crippen LogP contribution in [0.3, 0.4) is 0 Å². The van der Waals surface area contributed by atoms with Gasteiger partial charge in [0, 0.05) is 29.2 Å². The first-order valence-corrected chi connectivity index (χ1v) is 12.9. The first-order chi connectivity index (χ1) is 17.2. The summed E-state index contributed by atoms with van der Waals surface area (Å²) in [5.41, 5.74) is 0.333. The van der Waals surface area contributed by atoms with Gasteiger partial charge in [-0.3, -0.25) is 9.59 Å². The Kier molecular flexibility index (Phi) is 7.00. The summed E-state index contributed by atoms with van der Waals surface area (Å²) in [6, 6.07) is 8.52. The van der Waals surface area contributed by atoms with Crippen LogP contribution in [-0.2, 0) is 15.0 Å². The highest BCUT2D eigenvalue weighted by atomic mass is 35.5. The van der Waals surface area contributed by atoms with E-state index < -0.39 is 41.9 Å². The summed E-state index contributed by atoms with van der Waals surface area (Å²) in [5.74, 6) is -1.57. The molecule has 1 spiro atoms. The maximum Gasteiger partial charge on any atom is 0.237 e.